The van der Waals surface area contributed by atoms with Crippen LogP contribution in [0.15, 0.2) is 11.6 Å². The molecule has 4 aliphatic rings. The number of fused-ring (bicyclic) bond motifs is 5. The summed E-state index contributed by atoms with van der Waals surface area (Å²) in [7, 11) is 1.55. The van der Waals surface area contributed by atoms with Crippen LogP contribution in [0.5, 0.6) is 0 Å². The molecule has 0 bridgehead atoms. The largest absolute Gasteiger partial charge is 0.393 e. The lowest BCUT2D eigenvalue weighted by atomic mass is 9.47. The van der Waals surface area contributed by atoms with Crippen molar-refractivity contribution in [2.75, 3.05) is 20.2 Å². The van der Waals surface area contributed by atoms with Gasteiger partial charge in [0.15, 0.2) is 0 Å². The van der Waals surface area contributed by atoms with Gasteiger partial charge in [0.2, 0.25) is 5.91 Å². The van der Waals surface area contributed by atoms with Gasteiger partial charge in [-0.1, -0.05) is 32.4 Å². The average molecular weight is 447 g/mol. The van der Waals surface area contributed by atoms with Gasteiger partial charge in [0.1, 0.15) is 0 Å². The molecule has 8 atom stereocenters. The molecule has 3 saturated carbocycles. The van der Waals surface area contributed by atoms with Crippen LogP contribution in [0, 0.1) is 40.4 Å². The van der Waals surface area contributed by atoms with Crippen molar-refractivity contribution in [3.63, 3.8) is 0 Å². The minimum Gasteiger partial charge on any atom is -0.393 e. The zero-order valence-corrected chi connectivity index (χ0v) is 20.8. The summed E-state index contributed by atoms with van der Waals surface area (Å²) in [6.07, 6.45) is 13.4. The summed E-state index contributed by atoms with van der Waals surface area (Å²) in [5.74, 6) is 3.71. The standard InChI is InChI=1S/C27H46N2O3/c1-18(5-10-25(31)29(32-4)16-15-28)22-8-9-23-21-7-6-19-17-20(30)11-13-26(19,2)24(21)12-14-27(22,23)3/h6,18,20-24,30H,5,7-17,28H2,1-4H3/t18-,20+,21+,22-,23+,24+,26+,27-/m1/s1. The molecule has 0 unspecified atom stereocenters. The van der Waals surface area contributed by atoms with Gasteiger partial charge in [-0.05, 0) is 98.2 Å². The SMILES string of the molecule is CON(CCN)C(=O)CC[C@@H](C)[C@H]1CC[C@H]2[C@@H]3CC=C4C[C@@H](O)CC[C@]4(C)[C@H]3CC[C@]12C. The van der Waals surface area contributed by atoms with E-state index in [4.69, 9.17) is 10.6 Å². The van der Waals surface area contributed by atoms with Crippen molar-refractivity contribution in [2.45, 2.75) is 91.1 Å². The Morgan fingerprint density at radius 3 is 2.75 bits per heavy atom. The third-order valence-corrected chi connectivity index (χ3v) is 10.5. The molecule has 0 aromatic carbocycles. The first-order chi connectivity index (χ1) is 15.2. The fourth-order valence-corrected chi connectivity index (χ4v) is 8.73. The van der Waals surface area contributed by atoms with Crippen LogP contribution in [0.1, 0.15) is 85.0 Å². The molecule has 5 heteroatoms. The topological polar surface area (TPSA) is 75.8 Å². The summed E-state index contributed by atoms with van der Waals surface area (Å²) < 4.78 is 0. The molecule has 4 rings (SSSR count). The highest BCUT2D eigenvalue weighted by Crippen LogP contribution is 2.67. The number of carbonyl (C=O) groups is 1. The zero-order valence-electron chi connectivity index (χ0n) is 20.8. The third kappa shape index (κ3) is 4.07. The van der Waals surface area contributed by atoms with Gasteiger partial charge in [-0.2, -0.15) is 0 Å². The first kappa shape index (κ1) is 24.2. The predicted molar refractivity (Wildman–Crippen MR) is 127 cm³/mol. The van der Waals surface area contributed by atoms with Crippen LogP contribution >= 0.6 is 0 Å². The van der Waals surface area contributed by atoms with Crippen molar-refractivity contribution in [3.8, 4) is 0 Å². The van der Waals surface area contributed by atoms with Crippen LogP contribution in [-0.4, -0.2) is 42.4 Å². The molecule has 0 aromatic heterocycles. The monoisotopic (exact) mass is 446 g/mol. The van der Waals surface area contributed by atoms with Crippen LogP contribution in [0.3, 0.4) is 0 Å². The van der Waals surface area contributed by atoms with E-state index in [1.807, 2.05) is 0 Å². The molecule has 0 aromatic rings. The minimum atomic E-state index is -0.127. The molecule has 0 saturated heterocycles. The molecule has 3 N–H and O–H groups in total. The summed E-state index contributed by atoms with van der Waals surface area (Å²) in [5, 5.41) is 11.7. The van der Waals surface area contributed by atoms with Gasteiger partial charge in [0.25, 0.3) is 0 Å². The summed E-state index contributed by atoms with van der Waals surface area (Å²) >= 11 is 0. The number of aliphatic hydroxyl groups is 1. The van der Waals surface area contributed by atoms with E-state index in [0.29, 0.717) is 42.2 Å². The molecule has 0 aliphatic heterocycles. The van der Waals surface area contributed by atoms with Crippen molar-refractivity contribution in [1.82, 2.24) is 5.06 Å². The van der Waals surface area contributed by atoms with Gasteiger partial charge in [-0.3, -0.25) is 9.63 Å². The molecule has 1 amide bonds. The van der Waals surface area contributed by atoms with Crippen molar-refractivity contribution in [2.24, 2.45) is 46.2 Å². The quantitative estimate of drug-likeness (QED) is 0.439. The van der Waals surface area contributed by atoms with E-state index in [-0.39, 0.29) is 12.0 Å². The van der Waals surface area contributed by atoms with Crippen LogP contribution in [0.4, 0.5) is 0 Å². The van der Waals surface area contributed by atoms with Crippen molar-refractivity contribution < 1.29 is 14.7 Å². The van der Waals surface area contributed by atoms with E-state index in [1.54, 1.807) is 12.7 Å². The molecule has 5 nitrogen and oxygen atoms in total. The molecule has 0 radical (unpaired) electrons. The first-order valence-electron chi connectivity index (χ1n) is 13.2. The third-order valence-electron chi connectivity index (χ3n) is 10.5. The number of aliphatic hydroxyl groups excluding tert-OH is 1. The summed E-state index contributed by atoms with van der Waals surface area (Å²) in [6.45, 7) is 8.34. The highest BCUT2D eigenvalue weighted by Gasteiger charge is 2.59. The number of rotatable bonds is 7. The Morgan fingerprint density at radius 1 is 1.25 bits per heavy atom. The van der Waals surface area contributed by atoms with Crippen LogP contribution in [0.25, 0.3) is 0 Å². The highest BCUT2D eigenvalue weighted by atomic mass is 16.7. The summed E-state index contributed by atoms with van der Waals surface area (Å²) in [5.41, 5.74) is 7.88. The van der Waals surface area contributed by atoms with Crippen molar-refractivity contribution >= 4 is 5.91 Å². The van der Waals surface area contributed by atoms with E-state index in [9.17, 15) is 9.90 Å². The van der Waals surface area contributed by atoms with Crippen molar-refractivity contribution in [1.29, 1.82) is 0 Å². The Kier molecular flexibility index (Phi) is 7.10. The van der Waals surface area contributed by atoms with E-state index in [2.05, 4.69) is 26.8 Å². The fourth-order valence-electron chi connectivity index (χ4n) is 8.73. The summed E-state index contributed by atoms with van der Waals surface area (Å²) in [4.78, 5) is 17.8. The zero-order chi connectivity index (χ0) is 23.1. The van der Waals surface area contributed by atoms with E-state index in [1.165, 1.54) is 37.2 Å². The van der Waals surface area contributed by atoms with E-state index >= 15 is 0 Å². The second kappa shape index (κ2) is 9.38. The van der Waals surface area contributed by atoms with Crippen LogP contribution < -0.4 is 5.73 Å². The maximum Gasteiger partial charge on any atom is 0.246 e. The van der Waals surface area contributed by atoms with Gasteiger partial charge < -0.3 is 10.8 Å². The maximum absolute atomic E-state index is 12.5. The fraction of sp³-hybridized carbons (Fsp3) is 0.889. The Labute approximate surface area is 195 Å². The van der Waals surface area contributed by atoms with Gasteiger partial charge in [-0.25, -0.2) is 5.06 Å². The van der Waals surface area contributed by atoms with Gasteiger partial charge in [-0.15, -0.1) is 0 Å². The molecule has 4 aliphatic carbocycles. The number of allylic oxidation sites excluding steroid dienone is 1. The maximum atomic E-state index is 12.5. The number of amides is 1. The molecule has 32 heavy (non-hydrogen) atoms. The lowest BCUT2D eigenvalue weighted by Crippen LogP contribution is -2.50. The van der Waals surface area contributed by atoms with E-state index < -0.39 is 0 Å². The average Bonchev–Trinajstić information content (AvgIpc) is 3.13. The Morgan fingerprint density at radius 2 is 2.03 bits per heavy atom. The molecule has 0 heterocycles. The molecule has 182 valence electrons. The number of hydroxylamine groups is 2. The van der Waals surface area contributed by atoms with Gasteiger partial charge >= 0.3 is 0 Å². The molecule has 3 fully saturated rings. The number of hydrogen-bond acceptors (Lipinski definition) is 4. The van der Waals surface area contributed by atoms with Crippen LogP contribution in [-0.2, 0) is 9.63 Å². The second-order valence-electron chi connectivity index (χ2n) is 11.9. The smallest absolute Gasteiger partial charge is 0.246 e. The van der Waals surface area contributed by atoms with Gasteiger partial charge in [0.05, 0.1) is 19.8 Å². The second-order valence-corrected chi connectivity index (χ2v) is 11.9. The minimum absolute atomic E-state index is 0.0607. The predicted octanol–water partition coefficient (Wildman–Crippen LogP) is 4.69. The number of nitrogens with zero attached hydrogens (tertiary/aromatic N) is 1. The lowest BCUT2D eigenvalue weighted by Gasteiger charge is -2.58. The molecular weight excluding hydrogens is 400 g/mol. The van der Waals surface area contributed by atoms with E-state index in [0.717, 1.165) is 43.4 Å². The Hall–Kier alpha value is -0.910. The molecule has 0 spiro atoms. The van der Waals surface area contributed by atoms with Crippen molar-refractivity contribution in [3.05, 3.63) is 11.6 Å². The number of hydrogen-bond donors (Lipinski definition) is 2. The number of carbonyl (C=O) groups excluding carboxylic acids is 1. The Bertz CT molecular complexity index is 724. The van der Waals surface area contributed by atoms with Crippen LogP contribution in [0.2, 0.25) is 0 Å². The highest BCUT2D eigenvalue weighted by molar-refractivity contribution is 5.75. The Balaban J connectivity index is 1.43. The molecular formula is C27H46N2O3. The lowest BCUT2D eigenvalue weighted by molar-refractivity contribution is -0.175. The normalized spacial score (nSPS) is 41.8. The first-order valence-corrected chi connectivity index (χ1v) is 13.2. The van der Waals surface area contributed by atoms with Gasteiger partial charge in [0, 0.05) is 13.0 Å². The summed E-state index contributed by atoms with van der Waals surface area (Å²) in [6, 6.07) is 0. The number of nitrogens with two attached hydrogens (primary N) is 1.